The maximum absolute atomic E-state index is 5.61. The van der Waals surface area contributed by atoms with E-state index in [4.69, 9.17) is 4.42 Å². The average Bonchev–Trinajstić information content (AvgIpc) is 3.29. The summed E-state index contributed by atoms with van der Waals surface area (Å²) in [4.78, 5) is 2.48. The van der Waals surface area contributed by atoms with Gasteiger partial charge < -0.3 is 4.42 Å². The summed E-state index contributed by atoms with van der Waals surface area (Å²) in [5.41, 5.74) is 3.61. The third-order valence-electron chi connectivity index (χ3n) is 4.56. The molecule has 0 spiro atoms. The molecule has 0 N–H and O–H groups in total. The lowest BCUT2D eigenvalue weighted by Crippen LogP contribution is -2.22. The van der Waals surface area contributed by atoms with Crippen molar-refractivity contribution in [3.05, 3.63) is 71.9 Å². The topological polar surface area (TPSA) is 34.2 Å². The molecule has 3 heterocycles. The van der Waals surface area contributed by atoms with Crippen molar-refractivity contribution in [1.82, 2.24) is 14.7 Å². The molecule has 0 unspecified atom stereocenters. The first-order valence-electron chi connectivity index (χ1n) is 8.18. The second kappa shape index (κ2) is 6.05. The van der Waals surface area contributed by atoms with Crippen molar-refractivity contribution in [3.8, 4) is 5.69 Å². The molecule has 0 saturated carbocycles. The van der Waals surface area contributed by atoms with Crippen molar-refractivity contribution >= 4 is 0 Å². The van der Waals surface area contributed by atoms with E-state index in [2.05, 4.69) is 53.5 Å². The number of aromatic nitrogens is 2. The zero-order valence-corrected chi connectivity index (χ0v) is 13.4. The van der Waals surface area contributed by atoms with E-state index in [1.54, 1.807) is 6.26 Å². The van der Waals surface area contributed by atoms with E-state index in [0.29, 0.717) is 6.04 Å². The molecule has 4 rings (SSSR count). The normalized spacial score (nSPS) is 18.6. The van der Waals surface area contributed by atoms with Gasteiger partial charge in [-0.15, -0.1) is 0 Å². The third-order valence-corrected chi connectivity index (χ3v) is 4.56. The maximum Gasteiger partial charge on any atom is 0.120 e. The van der Waals surface area contributed by atoms with Gasteiger partial charge >= 0.3 is 0 Å². The standard InChI is InChI=1S/C19H21N3O/c1-15-6-8-17(9-7-15)22-14-16(12-20-22)13-21-10-2-4-18(21)19-5-3-11-23-19/h3,5-9,11-12,14,18H,2,4,10,13H2,1H3/t18-/m0/s1. The Kier molecular flexibility index (Phi) is 3.75. The summed E-state index contributed by atoms with van der Waals surface area (Å²) in [6.07, 6.45) is 8.25. The van der Waals surface area contributed by atoms with Crippen LogP contribution in [0.3, 0.4) is 0 Å². The Bertz CT molecular complexity index is 758. The first-order valence-corrected chi connectivity index (χ1v) is 8.18. The Morgan fingerprint density at radius 2 is 2.09 bits per heavy atom. The Morgan fingerprint density at radius 3 is 2.87 bits per heavy atom. The number of aryl methyl sites for hydroxylation is 1. The predicted molar refractivity (Wildman–Crippen MR) is 89.4 cm³/mol. The molecule has 0 radical (unpaired) electrons. The highest BCUT2D eigenvalue weighted by Gasteiger charge is 2.28. The third kappa shape index (κ3) is 2.94. The van der Waals surface area contributed by atoms with E-state index in [0.717, 1.165) is 24.5 Å². The molecule has 0 bridgehead atoms. The Balaban J connectivity index is 1.50. The zero-order chi connectivity index (χ0) is 15.6. The first kappa shape index (κ1) is 14.3. The van der Waals surface area contributed by atoms with E-state index in [9.17, 15) is 0 Å². The van der Waals surface area contributed by atoms with Crippen LogP contribution in [-0.4, -0.2) is 21.2 Å². The van der Waals surface area contributed by atoms with Crippen LogP contribution in [0.15, 0.2) is 59.5 Å². The van der Waals surface area contributed by atoms with Crippen LogP contribution in [0.1, 0.15) is 35.8 Å². The minimum Gasteiger partial charge on any atom is -0.468 e. The fourth-order valence-electron chi connectivity index (χ4n) is 3.33. The van der Waals surface area contributed by atoms with Crippen molar-refractivity contribution in [2.75, 3.05) is 6.54 Å². The summed E-state index contributed by atoms with van der Waals surface area (Å²) in [6.45, 7) is 4.12. The molecule has 4 heteroatoms. The molecule has 1 fully saturated rings. The van der Waals surface area contributed by atoms with Crippen molar-refractivity contribution < 1.29 is 4.42 Å². The fraction of sp³-hybridized carbons (Fsp3) is 0.316. The number of furan rings is 1. The molecule has 118 valence electrons. The van der Waals surface area contributed by atoms with Crippen molar-refractivity contribution in [2.24, 2.45) is 0 Å². The average molecular weight is 307 g/mol. The van der Waals surface area contributed by atoms with E-state index in [1.807, 2.05) is 16.9 Å². The van der Waals surface area contributed by atoms with Crippen LogP contribution < -0.4 is 0 Å². The smallest absolute Gasteiger partial charge is 0.120 e. The van der Waals surface area contributed by atoms with Gasteiger partial charge in [0.1, 0.15) is 5.76 Å². The van der Waals surface area contributed by atoms with Crippen molar-refractivity contribution in [3.63, 3.8) is 0 Å². The SMILES string of the molecule is Cc1ccc(-n2cc(CN3CCC[C@H]3c3ccco3)cn2)cc1. The molecule has 23 heavy (non-hydrogen) atoms. The predicted octanol–water partition coefficient (Wildman–Crippen LogP) is 4.11. The number of rotatable bonds is 4. The fourth-order valence-corrected chi connectivity index (χ4v) is 3.33. The van der Waals surface area contributed by atoms with Gasteiger partial charge in [0.25, 0.3) is 0 Å². The molecule has 1 saturated heterocycles. The van der Waals surface area contributed by atoms with Crippen molar-refractivity contribution in [1.29, 1.82) is 0 Å². The van der Waals surface area contributed by atoms with Crippen LogP contribution in [-0.2, 0) is 6.54 Å². The molecule has 2 aromatic heterocycles. The van der Waals surface area contributed by atoms with Gasteiger partial charge in [0, 0.05) is 18.3 Å². The number of hydrogen-bond donors (Lipinski definition) is 0. The van der Waals surface area contributed by atoms with Gasteiger partial charge in [-0.2, -0.15) is 5.10 Å². The second-order valence-corrected chi connectivity index (χ2v) is 6.27. The highest BCUT2D eigenvalue weighted by molar-refractivity contribution is 5.34. The number of hydrogen-bond acceptors (Lipinski definition) is 3. The van der Waals surface area contributed by atoms with Gasteiger partial charge in [-0.3, -0.25) is 4.90 Å². The Labute approximate surface area is 136 Å². The van der Waals surface area contributed by atoms with Crippen LogP contribution in [0.2, 0.25) is 0 Å². The number of nitrogens with zero attached hydrogens (tertiary/aromatic N) is 3. The molecule has 1 aliphatic rings. The molecule has 1 aromatic carbocycles. The van der Waals surface area contributed by atoms with Crippen LogP contribution in [0, 0.1) is 6.92 Å². The van der Waals surface area contributed by atoms with Crippen LogP contribution in [0.25, 0.3) is 5.69 Å². The van der Waals surface area contributed by atoms with Crippen LogP contribution >= 0.6 is 0 Å². The summed E-state index contributed by atoms with van der Waals surface area (Å²) in [6, 6.07) is 12.9. The van der Waals surface area contributed by atoms with E-state index >= 15 is 0 Å². The lowest BCUT2D eigenvalue weighted by atomic mass is 10.1. The van der Waals surface area contributed by atoms with Gasteiger partial charge in [0.2, 0.25) is 0 Å². The minimum atomic E-state index is 0.396. The minimum absolute atomic E-state index is 0.396. The Hall–Kier alpha value is -2.33. The monoisotopic (exact) mass is 307 g/mol. The lowest BCUT2D eigenvalue weighted by molar-refractivity contribution is 0.221. The maximum atomic E-state index is 5.61. The van der Waals surface area contributed by atoms with Crippen molar-refractivity contribution in [2.45, 2.75) is 32.4 Å². The molecule has 4 nitrogen and oxygen atoms in total. The van der Waals surface area contributed by atoms with Gasteiger partial charge in [0.15, 0.2) is 0 Å². The summed E-state index contributed by atoms with van der Waals surface area (Å²) < 4.78 is 7.56. The molecule has 3 aromatic rings. The summed E-state index contributed by atoms with van der Waals surface area (Å²) in [7, 11) is 0. The number of likely N-dealkylation sites (tertiary alicyclic amines) is 1. The van der Waals surface area contributed by atoms with E-state index in [1.165, 1.54) is 24.0 Å². The lowest BCUT2D eigenvalue weighted by Gasteiger charge is -2.21. The summed E-state index contributed by atoms with van der Waals surface area (Å²) in [5, 5.41) is 4.51. The van der Waals surface area contributed by atoms with Crippen LogP contribution in [0.4, 0.5) is 0 Å². The highest BCUT2D eigenvalue weighted by atomic mass is 16.3. The van der Waals surface area contributed by atoms with Gasteiger partial charge in [-0.1, -0.05) is 17.7 Å². The second-order valence-electron chi connectivity index (χ2n) is 6.27. The molecule has 0 amide bonds. The summed E-state index contributed by atoms with van der Waals surface area (Å²) in [5.74, 6) is 1.08. The largest absolute Gasteiger partial charge is 0.468 e. The quantitative estimate of drug-likeness (QED) is 0.727. The number of benzene rings is 1. The van der Waals surface area contributed by atoms with Crippen LogP contribution in [0.5, 0.6) is 0 Å². The zero-order valence-electron chi connectivity index (χ0n) is 13.4. The van der Waals surface area contributed by atoms with E-state index in [-0.39, 0.29) is 0 Å². The first-order chi connectivity index (χ1) is 11.3. The van der Waals surface area contributed by atoms with Gasteiger partial charge in [-0.05, 0) is 50.6 Å². The molecule has 1 atom stereocenters. The molecular formula is C19H21N3O. The van der Waals surface area contributed by atoms with Gasteiger partial charge in [-0.25, -0.2) is 4.68 Å². The highest BCUT2D eigenvalue weighted by Crippen LogP contribution is 2.33. The molecular weight excluding hydrogens is 286 g/mol. The summed E-state index contributed by atoms with van der Waals surface area (Å²) >= 11 is 0. The van der Waals surface area contributed by atoms with Gasteiger partial charge in [0.05, 0.1) is 24.2 Å². The van der Waals surface area contributed by atoms with E-state index < -0.39 is 0 Å². The Morgan fingerprint density at radius 1 is 1.22 bits per heavy atom. The molecule has 1 aliphatic heterocycles. The molecule has 0 aliphatic carbocycles.